The van der Waals surface area contributed by atoms with Crippen molar-refractivity contribution in [2.24, 2.45) is 0 Å². The standard InChI is InChI=1S/C10H11FO/c1-7(2)10-5-9(11)4-3-8(10)6-12/h3-7H,1-2H3. The van der Waals surface area contributed by atoms with Crippen molar-refractivity contribution < 1.29 is 9.18 Å². The molecule has 0 spiro atoms. The molecule has 0 aromatic heterocycles. The van der Waals surface area contributed by atoms with Gasteiger partial charge in [-0.3, -0.25) is 4.79 Å². The number of hydrogen-bond donors (Lipinski definition) is 0. The first-order valence-corrected chi connectivity index (χ1v) is 3.89. The first-order valence-electron chi connectivity index (χ1n) is 3.89. The summed E-state index contributed by atoms with van der Waals surface area (Å²) in [7, 11) is 0. The third-order valence-corrected chi connectivity index (χ3v) is 1.80. The molecule has 0 unspecified atom stereocenters. The average molecular weight is 166 g/mol. The van der Waals surface area contributed by atoms with Gasteiger partial charge in [0.05, 0.1) is 0 Å². The van der Waals surface area contributed by atoms with Crippen LogP contribution >= 0.6 is 0 Å². The predicted octanol–water partition coefficient (Wildman–Crippen LogP) is 2.76. The smallest absolute Gasteiger partial charge is 0.150 e. The van der Waals surface area contributed by atoms with Crippen LogP contribution < -0.4 is 0 Å². The van der Waals surface area contributed by atoms with E-state index < -0.39 is 0 Å². The fourth-order valence-corrected chi connectivity index (χ4v) is 1.15. The minimum Gasteiger partial charge on any atom is -0.298 e. The summed E-state index contributed by atoms with van der Waals surface area (Å²) in [6.07, 6.45) is 0.759. The van der Waals surface area contributed by atoms with Crippen molar-refractivity contribution in [1.82, 2.24) is 0 Å². The average Bonchev–Trinajstić information content (AvgIpc) is 2.04. The van der Waals surface area contributed by atoms with Gasteiger partial charge >= 0.3 is 0 Å². The van der Waals surface area contributed by atoms with Gasteiger partial charge in [0.25, 0.3) is 0 Å². The summed E-state index contributed by atoms with van der Waals surface area (Å²) < 4.78 is 12.7. The molecule has 0 amide bonds. The SMILES string of the molecule is CC(C)c1cc(F)ccc1C=O. The van der Waals surface area contributed by atoms with Crippen molar-refractivity contribution in [3.05, 3.63) is 35.1 Å². The molecule has 0 radical (unpaired) electrons. The lowest BCUT2D eigenvalue weighted by molar-refractivity contribution is 0.112. The zero-order valence-corrected chi connectivity index (χ0v) is 7.17. The molecule has 0 bridgehead atoms. The second-order valence-electron chi connectivity index (χ2n) is 3.05. The van der Waals surface area contributed by atoms with E-state index in [1.807, 2.05) is 13.8 Å². The summed E-state index contributed by atoms with van der Waals surface area (Å²) in [5.74, 6) is -0.106. The molecule has 1 rings (SSSR count). The Morgan fingerprint density at radius 3 is 2.58 bits per heavy atom. The first-order chi connectivity index (χ1) is 5.65. The van der Waals surface area contributed by atoms with E-state index in [9.17, 15) is 9.18 Å². The lowest BCUT2D eigenvalue weighted by Gasteiger charge is -2.07. The molecule has 64 valence electrons. The molecular weight excluding hydrogens is 155 g/mol. The molecule has 0 saturated carbocycles. The van der Waals surface area contributed by atoms with Crippen molar-refractivity contribution in [1.29, 1.82) is 0 Å². The van der Waals surface area contributed by atoms with E-state index in [0.717, 1.165) is 11.8 Å². The Morgan fingerprint density at radius 2 is 2.08 bits per heavy atom. The van der Waals surface area contributed by atoms with Crippen molar-refractivity contribution in [2.75, 3.05) is 0 Å². The van der Waals surface area contributed by atoms with E-state index in [4.69, 9.17) is 0 Å². The van der Waals surface area contributed by atoms with Crippen LogP contribution in [-0.4, -0.2) is 6.29 Å². The summed E-state index contributed by atoms with van der Waals surface area (Å²) in [6, 6.07) is 4.22. The van der Waals surface area contributed by atoms with Crippen LogP contribution in [0.4, 0.5) is 4.39 Å². The van der Waals surface area contributed by atoms with Gasteiger partial charge in [0, 0.05) is 5.56 Å². The number of aldehydes is 1. The molecule has 12 heavy (non-hydrogen) atoms. The fourth-order valence-electron chi connectivity index (χ4n) is 1.15. The minimum absolute atomic E-state index is 0.181. The predicted molar refractivity (Wildman–Crippen MR) is 45.9 cm³/mol. The van der Waals surface area contributed by atoms with Crippen LogP contribution in [0.25, 0.3) is 0 Å². The number of rotatable bonds is 2. The van der Waals surface area contributed by atoms with E-state index in [-0.39, 0.29) is 11.7 Å². The van der Waals surface area contributed by atoms with E-state index in [2.05, 4.69) is 0 Å². The highest BCUT2D eigenvalue weighted by molar-refractivity contribution is 5.77. The van der Waals surface area contributed by atoms with Gasteiger partial charge in [-0.15, -0.1) is 0 Å². The van der Waals surface area contributed by atoms with E-state index in [0.29, 0.717) is 5.56 Å². The molecule has 1 aromatic rings. The Balaban J connectivity index is 3.21. The van der Waals surface area contributed by atoms with Gasteiger partial charge in [0.15, 0.2) is 0 Å². The highest BCUT2D eigenvalue weighted by atomic mass is 19.1. The molecule has 0 saturated heterocycles. The van der Waals surface area contributed by atoms with Gasteiger partial charge in [-0.2, -0.15) is 0 Å². The van der Waals surface area contributed by atoms with E-state index in [1.165, 1.54) is 18.2 Å². The van der Waals surface area contributed by atoms with Crippen LogP contribution in [0.15, 0.2) is 18.2 Å². The topological polar surface area (TPSA) is 17.1 Å². The van der Waals surface area contributed by atoms with Gasteiger partial charge in [0.1, 0.15) is 12.1 Å². The summed E-state index contributed by atoms with van der Waals surface area (Å²) >= 11 is 0. The lowest BCUT2D eigenvalue weighted by Crippen LogP contribution is -1.95. The third kappa shape index (κ3) is 1.70. The van der Waals surface area contributed by atoms with Gasteiger partial charge in [-0.25, -0.2) is 4.39 Å². The van der Waals surface area contributed by atoms with Gasteiger partial charge in [0.2, 0.25) is 0 Å². The highest BCUT2D eigenvalue weighted by Crippen LogP contribution is 2.18. The Labute approximate surface area is 71.2 Å². The van der Waals surface area contributed by atoms with Crippen LogP contribution in [0.1, 0.15) is 35.7 Å². The van der Waals surface area contributed by atoms with Crippen molar-refractivity contribution in [2.45, 2.75) is 19.8 Å². The molecule has 1 aromatic carbocycles. The molecule has 0 aliphatic heterocycles. The van der Waals surface area contributed by atoms with Crippen LogP contribution in [0.2, 0.25) is 0 Å². The van der Waals surface area contributed by atoms with Crippen LogP contribution in [0.5, 0.6) is 0 Å². The monoisotopic (exact) mass is 166 g/mol. The quantitative estimate of drug-likeness (QED) is 0.617. The van der Waals surface area contributed by atoms with Crippen LogP contribution in [0, 0.1) is 5.82 Å². The second-order valence-corrected chi connectivity index (χ2v) is 3.05. The van der Waals surface area contributed by atoms with E-state index in [1.54, 1.807) is 0 Å². The Bertz CT molecular complexity index is 292. The van der Waals surface area contributed by atoms with Crippen LogP contribution in [0.3, 0.4) is 0 Å². The van der Waals surface area contributed by atoms with E-state index >= 15 is 0 Å². The third-order valence-electron chi connectivity index (χ3n) is 1.80. The number of hydrogen-bond acceptors (Lipinski definition) is 1. The molecule has 0 N–H and O–H groups in total. The van der Waals surface area contributed by atoms with Crippen molar-refractivity contribution >= 4 is 6.29 Å². The maximum atomic E-state index is 12.7. The molecule has 0 aliphatic carbocycles. The van der Waals surface area contributed by atoms with Crippen molar-refractivity contribution in [3.63, 3.8) is 0 Å². The Kier molecular flexibility index (Phi) is 2.58. The number of carbonyl (C=O) groups is 1. The Hall–Kier alpha value is -1.18. The molecule has 0 fully saturated rings. The zero-order chi connectivity index (χ0) is 9.14. The molecule has 2 heteroatoms. The largest absolute Gasteiger partial charge is 0.298 e. The summed E-state index contributed by atoms with van der Waals surface area (Å²) in [6.45, 7) is 3.86. The van der Waals surface area contributed by atoms with Gasteiger partial charge in [-0.05, 0) is 29.7 Å². The highest BCUT2D eigenvalue weighted by Gasteiger charge is 2.06. The van der Waals surface area contributed by atoms with Gasteiger partial charge in [-0.1, -0.05) is 13.8 Å². The molecule has 1 nitrogen and oxygen atoms in total. The maximum Gasteiger partial charge on any atom is 0.150 e. The minimum atomic E-state index is -0.288. The number of carbonyl (C=O) groups excluding carboxylic acids is 1. The molecular formula is C10H11FO. The normalized spacial score (nSPS) is 10.3. The van der Waals surface area contributed by atoms with Gasteiger partial charge < -0.3 is 0 Å². The summed E-state index contributed by atoms with van der Waals surface area (Å²) in [4.78, 5) is 10.5. The second kappa shape index (κ2) is 3.48. The Morgan fingerprint density at radius 1 is 1.42 bits per heavy atom. The zero-order valence-electron chi connectivity index (χ0n) is 7.17. The molecule has 0 heterocycles. The maximum absolute atomic E-state index is 12.7. The summed E-state index contributed by atoms with van der Waals surface area (Å²) in [5, 5.41) is 0. The number of halogens is 1. The first kappa shape index (κ1) is 8.91. The molecule has 0 atom stereocenters. The van der Waals surface area contributed by atoms with Crippen molar-refractivity contribution in [3.8, 4) is 0 Å². The lowest BCUT2D eigenvalue weighted by atomic mass is 9.98. The van der Waals surface area contributed by atoms with Crippen LogP contribution in [-0.2, 0) is 0 Å². The summed E-state index contributed by atoms with van der Waals surface area (Å²) in [5.41, 5.74) is 1.34. The number of benzene rings is 1. The fraction of sp³-hybridized carbons (Fsp3) is 0.300. The molecule has 0 aliphatic rings.